The Morgan fingerprint density at radius 3 is 2.75 bits per heavy atom. The van der Waals surface area contributed by atoms with Crippen LogP contribution in [0.2, 0.25) is 5.02 Å². The van der Waals surface area contributed by atoms with E-state index < -0.39 is 12.0 Å². The Hall–Kier alpha value is -2.81. The summed E-state index contributed by atoms with van der Waals surface area (Å²) in [7, 11) is 1.29. The quantitative estimate of drug-likeness (QED) is 0.511. The predicted molar refractivity (Wildman–Crippen MR) is 127 cm³/mol. The first-order valence-electron chi connectivity index (χ1n) is 10.4. The van der Waals surface area contributed by atoms with Gasteiger partial charge in [-0.05, 0) is 48.9 Å². The van der Waals surface area contributed by atoms with Crippen molar-refractivity contribution in [3.8, 4) is 5.00 Å². The zero-order chi connectivity index (χ0) is 22.7. The van der Waals surface area contributed by atoms with Crippen LogP contribution in [0.25, 0.3) is 5.00 Å². The Morgan fingerprint density at radius 2 is 2.03 bits per heavy atom. The molecule has 3 heterocycles. The maximum absolute atomic E-state index is 12.7. The number of ether oxygens (including phenoxy) is 1. The number of methoxy groups -OCH3 is 1. The van der Waals surface area contributed by atoms with Crippen molar-refractivity contribution < 1.29 is 14.3 Å². The first kappa shape index (κ1) is 22.4. The van der Waals surface area contributed by atoms with Gasteiger partial charge >= 0.3 is 12.0 Å². The number of nitrogens with zero attached hydrogens (tertiary/aromatic N) is 2. The zero-order valence-corrected chi connectivity index (χ0v) is 19.6. The first-order valence-corrected chi connectivity index (χ1v) is 11.6. The van der Waals surface area contributed by atoms with Crippen LogP contribution >= 0.6 is 22.9 Å². The van der Waals surface area contributed by atoms with Crippen molar-refractivity contribution in [2.45, 2.75) is 26.4 Å². The Bertz CT molecular complexity index is 1130. The van der Waals surface area contributed by atoms with Gasteiger partial charge in [0.25, 0.3) is 0 Å². The van der Waals surface area contributed by atoms with Crippen LogP contribution in [0.3, 0.4) is 0 Å². The topological polar surface area (TPSA) is 75.6 Å². The smallest absolute Gasteiger partial charge is 0.339 e. The van der Waals surface area contributed by atoms with Gasteiger partial charge in [0.15, 0.2) is 0 Å². The molecule has 0 radical (unpaired) electrons. The van der Waals surface area contributed by atoms with Crippen molar-refractivity contribution in [3.63, 3.8) is 0 Å². The van der Waals surface area contributed by atoms with E-state index >= 15 is 0 Å². The number of thiophene rings is 1. The number of esters is 1. The lowest BCUT2D eigenvalue weighted by Gasteiger charge is -2.25. The molecule has 1 aromatic carbocycles. The van der Waals surface area contributed by atoms with Crippen LogP contribution in [-0.4, -0.2) is 41.7 Å². The average molecular weight is 473 g/mol. The third-order valence-electron chi connectivity index (χ3n) is 5.57. The van der Waals surface area contributed by atoms with Crippen molar-refractivity contribution in [3.05, 3.63) is 69.3 Å². The number of nitrogens with one attached hydrogen (secondary N) is 2. The second-order valence-electron chi connectivity index (χ2n) is 7.49. The van der Waals surface area contributed by atoms with Gasteiger partial charge in [0.2, 0.25) is 0 Å². The summed E-state index contributed by atoms with van der Waals surface area (Å²) < 4.78 is 6.89. The summed E-state index contributed by atoms with van der Waals surface area (Å²) in [4.78, 5) is 28.5. The lowest BCUT2D eigenvalue weighted by Crippen LogP contribution is -2.31. The number of likely N-dealkylation sites (N-methyl/N-ethyl adjacent to an activating group) is 1. The van der Waals surface area contributed by atoms with E-state index in [1.165, 1.54) is 29.7 Å². The first-order chi connectivity index (χ1) is 15.5. The fourth-order valence-corrected chi connectivity index (χ4v) is 5.43. The Labute approximate surface area is 195 Å². The molecule has 0 saturated carbocycles. The lowest BCUT2D eigenvalue weighted by molar-refractivity contribution is 0.0602. The molecule has 2 N–H and O–H groups in total. The number of amides is 2. The molecule has 1 aliphatic rings. The maximum Gasteiger partial charge on any atom is 0.339 e. The molecular weight excluding hydrogens is 448 g/mol. The fraction of sp³-hybridized carbons (Fsp3) is 0.304. The highest BCUT2D eigenvalue weighted by Gasteiger charge is 2.24. The van der Waals surface area contributed by atoms with Crippen molar-refractivity contribution in [2.24, 2.45) is 0 Å². The second kappa shape index (κ2) is 9.77. The molecule has 0 saturated heterocycles. The fourth-order valence-electron chi connectivity index (χ4n) is 3.88. The van der Waals surface area contributed by atoms with Crippen LogP contribution in [0, 0.1) is 0 Å². The van der Waals surface area contributed by atoms with Crippen molar-refractivity contribution in [1.82, 2.24) is 14.8 Å². The molecule has 0 fully saturated rings. The zero-order valence-electron chi connectivity index (χ0n) is 18.0. The summed E-state index contributed by atoms with van der Waals surface area (Å²) in [6.45, 7) is 5.52. The normalized spacial score (nSPS) is 13.5. The van der Waals surface area contributed by atoms with E-state index in [1.807, 2.05) is 24.5 Å². The molecule has 0 bridgehead atoms. The number of carbonyl (C=O) groups excluding carboxylic acids is 2. The van der Waals surface area contributed by atoms with E-state index in [-0.39, 0.29) is 5.56 Å². The standard InChI is InChI=1S/C23H25ClN4O3S/c1-3-27-11-8-16-18(21(32-20(16)14-27)28-9-4-5-10-28)13-25-23(30)26-19-12-15(24)6-7-17(19)22(29)31-2/h4-7,9-10,12H,3,8,11,13-14H2,1-2H3,(H2,25,26,30). The average Bonchev–Trinajstić information content (AvgIpc) is 3.44. The molecular formula is C23H25ClN4O3S. The number of benzene rings is 1. The number of urea groups is 1. The molecule has 168 valence electrons. The molecule has 0 aliphatic carbocycles. The van der Waals surface area contributed by atoms with Gasteiger partial charge in [-0.2, -0.15) is 0 Å². The highest BCUT2D eigenvalue weighted by atomic mass is 35.5. The number of anilines is 1. The van der Waals surface area contributed by atoms with Crippen molar-refractivity contribution in [2.75, 3.05) is 25.5 Å². The van der Waals surface area contributed by atoms with Gasteiger partial charge in [0.05, 0.1) is 18.4 Å². The minimum atomic E-state index is -0.542. The lowest BCUT2D eigenvalue weighted by atomic mass is 10.0. The number of aromatic nitrogens is 1. The number of rotatable bonds is 6. The minimum Gasteiger partial charge on any atom is -0.465 e. The van der Waals surface area contributed by atoms with Gasteiger partial charge in [-0.3, -0.25) is 4.90 Å². The van der Waals surface area contributed by atoms with Crippen LogP contribution < -0.4 is 10.6 Å². The van der Waals surface area contributed by atoms with Crippen LogP contribution in [-0.2, 0) is 24.2 Å². The summed E-state index contributed by atoms with van der Waals surface area (Å²) in [6, 6.07) is 8.22. The van der Waals surface area contributed by atoms with Crippen LogP contribution in [0.1, 0.15) is 33.3 Å². The highest BCUT2D eigenvalue weighted by molar-refractivity contribution is 7.14. The van der Waals surface area contributed by atoms with E-state index in [4.69, 9.17) is 16.3 Å². The molecule has 9 heteroatoms. The molecule has 3 aromatic rings. The third kappa shape index (κ3) is 4.67. The maximum atomic E-state index is 12.7. The number of halogens is 1. The summed E-state index contributed by atoms with van der Waals surface area (Å²) in [5.74, 6) is -0.542. The van der Waals surface area contributed by atoms with E-state index in [2.05, 4.69) is 27.0 Å². The molecule has 4 rings (SSSR count). The van der Waals surface area contributed by atoms with Crippen molar-refractivity contribution in [1.29, 1.82) is 0 Å². The van der Waals surface area contributed by atoms with Gasteiger partial charge < -0.3 is 19.9 Å². The summed E-state index contributed by atoms with van der Waals surface area (Å²) in [5, 5.41) is 7.22. The number of hydrogen-bond acceptors (Lipinski definition) is 5. The molecule has 1 aliphatic heterocycles. The Kier molecular flexibility index (Phi) is 6.83. The molecule has 7 nitrogen and oxygen atoms in total. The van der Waals surface area contributed by atoms with Gasteiger partial charge in [-0.25, -0.2) is 9.59 Å². The summed E-state index contributed by atoms with van der Waals surface area (Å²) >= 11 is 7.83. The summed E-state index contributed by atoms with van der Waals surface area (Å²) in [6.07, 6.45) is 5.00. The number of fused-ring (bicyclic) bond motifs is 1. The van der Waals surface area contributed by atoms with Gasteiger partial charge in [-0.1, -0.05) is 18.5 Å². The Balaban J connectivity index is 1.54. The summed E-state index contributed by atoms with van der Waals surface area (Å²) in [5.41, 5.74) is 3.00. The molecule has 2 amide bonds. The van der Waals surface area contributed by atoms with E-state index in [1.54, 1.807) is 17.4 Å². The molecule has 0 spiro atoms. The molecule has 2 aromatic heterocycles. The van der Waals surface area contributed by atoms with Gasteiger partial charge in [-0.15, -0.1) is 11.3 Å². The van der Waals surface area contributed by atoms with E-state index in [0.29, 0.717) is 17.3 Å². The minimum absolute atomic E-state index is 0.243. The largest absolute Gasteiger partial charge is 0.465 e. The van der Waals surface area contributed by atoms with E-state index in [0.717, 1.165) is 36.6 Å². The van der Waals surface area contributed by atoms with Crippen LogP contribution in [0.5, 0.6) is 0 Å². The predicted octanol–water partition coefficient (Wildman–Crippen LogP) is 4.68. The van der Waals surface area contributed by atoms with Gasteiger partial charge in [0.1, 0.15) is 5.00 Å². The Morgan fingerprint density at radius 1 is 1.25 bits per heavy atom. The molecule has 0 atom stereocenters. The number of carbonyl (C=O) groups is 2. The van der Waals surface area contributed by atoms with Gasteiger partial charge in [0, 0.05) is 47.5 Å². The van der Waals surface area contributed by atoms with Crippen LogP contribution in [0.4, 0.5) is 10.5 Å². The number of hydrogen-bond donors (Lipinski definition) is 2. The molecule has 0 unspecified atom stereocenters. The van der Waals surface area contributed by atoms with E-state index in [9.17, 15) is 9.59 Å². The van der Waals surface area contributed by atoms with Crippen molar-refractivity contribution >= 4 is 40.6 Å². The SMILES string of the molecule is CCN1CCc2c(sc(-n3cccc3)c2CNC(=O)Nc2cc(Cl)ccc2C(=O)OC)C1. The third-order valence-corrected chi connectivity index (χ3v) is 7.08. The monoisotopic (exact) mass is 472 g/mol. The molecule has 32 heavy (non-hydrogen) atoms. The second-order valence-corrected chi connectivity index (χ2v) is 9.01. The van der Waals surface area contributed by atoms with Crippen LogP contribution in [0.15, 0.2) is 42.7 Å². The highest BCUT2D eigenvalue weighted by Crippen LogP contribution is 2.36.